The summed E-state index contributed by atoms with van der Waals surface area (Å²) < 4.78 is 0. The minimum absolute atomic E-state index is 0.583. The van der Waals surface area contributed by atoms with Crippen LogP contribution in [0.4, 0.5) is 0 Å². The van der Waals surface area contributed by atoms with Gasteiger partial charge < -0.3 is 5.73 Å². The average molecular weight is 241 g/mol. The molecular formula is C12H23N3S. The molecule has 0 aromatic carbocycles. The molecule has 0 radical (unpaired) electrons. The molecule has 0 aliphatic carbocycles. The molecule has 1 aromatic rings. The van der Waals surface area contributed by atoms with Gasteiger partial charge in [0.1, 0.15) is 0 Å². The van der Waals surface area contributed by atoms with Crippen molar-refractivity contribution in [2.24, 2.45) is 5.73 Å². The van der Waals surface area contributed by atoms with Crippen LogP contribution in [-0.2, 0) is 13.0 Å². The molecule has 0 unspecified atom stereocenters. The van der Waals surface area contributed by atoms with Gasteiger partial charge in [-0.05, 0) is 33.4 Å². The topological polar surface area (TPSA) is 42.1 Å². The fraction of sp³-hybridized carbons (Fsp3) is 0.750. The molecule has 0 amide bonds. The number of nitrogens with two attached hydrogens (primary N) is 1. The third kappa shape index (κ3) is 4.20. The van der Waals surface area contributed by atoms with Gasteiger partial charge in [-0.25, -0.2) is 4.98 Å². The Morgan fingerprint density at radius 2 is 2.25 bits per heavy atom. The van der Waals surface area contributed by atoms with E-state index >= 15 is 0 Å². The van der Waals surface area contributed by atoms with E-state index in [1.165, 1.54) is 12.1 Å². The lowest BCUT2D eigenvalue weighted by Gasteiger charge is -2.24. The normalized spacial score (nSPS) is 11.6. The van der Waals surface area contributed by atoms with Crippen LogP contribution in [0.1, 0.15) is 37.9 Å². The van der Waals surface area contributed by atoms with Crippen molar-refractivity contribution in [2.45, 2.75) is 46.2 Å². The number of aromatic nitrogens is 1. The van der Waals surface area contributed by atoms with E-state index in [9.17, 15) is 0 Å². The van der Waals surface area contributed by atoms with E-state index in [0.717, 1.165) is 24.5 Å². The second kappa shape index (κ2) is 6.99. The van der Waals surface area contributed by atoms with Crippen LogP contribution in [0, 0.1) is 0 Å². The summed E-state index contributed by atoms with van der Waals surface area (Å²) in [5.74, 6) is 0. The van der Waals surface area contributed by atoms with Gasteiger partial charge in [0, 0.05) is 24.4 Å². The molecule has 1 rings (SSSR count). The highest BCUT2D eigenvalue weighted by Gasteiger charge is 2.11. The van der Waals surface area contributed by atoms with Crippen LogP contribution in [0.15, 0.2) is 5.38 Å². The highest BCUT2D eigenvalue weighted by Crippen LogP contribution is 2.13. The van der Waals surface area contributed by atoms with Gasteiger partial charge in [-0.3, -0.25) is 4.90 Å². The summed E-state index contributed by atoms with van der Waals surface area (Å²) in [5.41, 5.74) is 6.71. The molecule has 0 atom stereocenters. The summed E-state index contributed by atoms with van der Waals surface area (Å²) in [6, 6.07) is 0.583. The molecule has 0 fully saturated rings. The Labute approximate surface area is 103 Å². The summed E-state index contributed by atoms with van der Waals surface area (Å²) in [6.45, 7) is 9.49. The van der Waals surface area contributed by atoms with Crippen LogP contribution in [0.5, 0.6) is 0 Å². The molecule has 92 valence electrons. The molecule has 1 heterocycles. The van der Waals surface area contributed by atoms with Crippen LogP contribution < -0.4 is 5.73 Å². The van der Waals surface area contributed by atoms with Crippen molar-refractivity contribution in [3.63, 3.8) is 0 Å². The third-order valence-corrected chi connectivity index (χ3v) is 3.52. The van der Waals surface area contributed by atoms with Gasteiger partial charge in [-0.2, -0.15) is 0 Å². The summed E-state index contributed by atoms with van der Waals surface area (Å²) in [7, 11) is 0. The molecule has 2 N–H and O–H groups in total. The van der Waals surface area contributed by atoms with Crippen LogP contribution in [-0.4, -0.2) is 29.0 Å². The number of thiazole rings is 1. The van der Waals surface area contributed by atoms with E-state index in [4.69, 9.17) is 5.73 Å². The zero-order valence-electron chi connectivity index (χ0n) is 10.6. The minimum atomic E-state index is 0.583. The molecule has 16 heavy (non-hydrogen) atoms. The molecular weight excluding hydrogens is 218 g/mol. The number of rotatable bonds is 7. The zero-order chi connectivity index (χ0) is 12.0. The Morgan fingerprint density at radius 3 is 2.81 bits per heavy atom. The molecule has 0 saturated carbocycles. The molecule has 0 bridgehead atoms. The lowest BCUT2D eigenvalue weighted by molar-refractivity contribution is 0.211. The summed E-state index contributed by atoms with van der Waals surface area (Å²) in [5, 5.41) is 3.33. The average Bonchev–Trinajstić information content (AvgIpc) is 2.65. The van der Waals surface area contributed by atoms with E-state index in [1.54, 1.807) is 11.3 Å². The van der Waals surface area contributed by atoms with Crippen molar-refractivity contribution in [1.82, 2.24) is 9.88 Å². The standard InChI is InChI=1S/C12H23N3S/c1-4-7-15(10(2)3)8-11-9-16-12(14-11)5-6-13/h9-10H,4-8,13H2,1-3H3. The first-order valence-electron chi connectivity index (χ1n) is 6.04. The van der Waals surface area contributed by atoms with E-state index in [1.807, 2.05) is 0 Å². The Kier molecular flexibility index (Phi) is 5.95. The monoisotopic (exact) mass is 241 g/mol. The summed E-state index contributed by atoms with van der Waals surface area (Å²) in [4.78, 5) is 7.06. The highest BCUT2D eigenvalue weighted by atomic mass is 32.1. The zero-order valence-corrected chi connectivity index (χ0v) is 11.4. The fourth-order valence-electron chi connectivity index (χ4n) is 1.67. The second-order valence-electron chi connectivity index (χ2n) is 4.34. The van der Waals surface area contributed by atoms with Gasteiger partial charge in [0.25, 0.3) is 0 Å². The van der Waals surface area contributed by atoms with E-state index in [-0.39, 0.29) is 0 Å². The number of hydrogen-bond donors (Lipinski definition) is 1. The van der Waals surface area contributed by atoms with Crippen LogP contribution in [0.3, 0.4) is 0 Å². The lowest BCUT2D eigenvalue weighted by atomic mass is 10.2. The van der Waals surface area contributed by atoms with Gasteiger partial charge in [0.2, 0.25) is 0 Å². The van der Waals surface area contributed by atoms with Crippen molar-refractivity contribution in [1.29, 1.82) is 0 Å². The Hall–Kier alpha value is -0.450. The smallest absolute Gasteiger partial charge is 0.0941 e. The van der Waals surface area contributed by atoms with E-state index in [2.05, 4.69) is 36.0 Å². The summed E-state index contributed by atoms with van der Waals surface area (Å²) in [6.07, 6.45) is 2.10. The maximum Gasteiger partial charge on any atom is 0.0941 e. The van der Waals surface area contributed by atoms with Gasteiger partial charge in [0.05, 0.1) is 10.7 Å². The molecule has 0 aliphatic rings. The van der Waals surface area contributed by atoms with Crippen LogP contribution in [0.25, 0.3) is 0 Å². The van der Waals surface area contributed by atoms with Gasteiger partial charge in [-0.1, -0.05) is 6.92 Å². The first-order chi connectivity index (χ1) is 7.67. The maximum atomic E-state index is 5.52. The van der Waals surface area contributed by atoms with Crippen molar-refractivity contribution in [3.05, 3.63) is 16.1 Å². The third-order valence-electron chi connectivity index (χ3n) is 2.56. The van der Waals surface area contributed by atoms with Gasteiger partial charge >= 0.3 is 0 Å². The van der Waals surface area contributed by atoms with Crippen LogP contribution in [0.2, 0.25) is 0 Å². The van der Waals surface area contributed by atoms with Gasteiger partial charge in [0.15, 0.2) is 0 Å². The predicted molar refractivity (Wildman–Crippen MR) is 70.7 cm³/mol. The van der Waals surface area contributed by atoms with Crippen molar-refractivity contribution in [3.8, 4) is 0 Å². The van der Waals surface area contributed by atoms with E-state index < -0.39 is 0 Å². The van der Waals surface area contributed by atoms with Gasteiger partial charge in [-0.15, -0.1) is 11.3 Å². The van der Waals surface area contributed by atoms with Crippen molar-refractivity contribution < 1.29 is 0 Å². The molecule has 0 saturated heterocycles. The molecule has 4 heteroatoms. The lowest BCUT2D eigenvalue weighted by Crippen LogP contribution is -2.31. The van der Waals surface area contributed by atoms with Crippen molar-refractivity contribution >= 4 is 11.3 Å². The van der Waals surface area contributed by atoms with Crippen molar-refractivity contribution in [2.75, 3.05) is 13.1 Å². The maximum absolute atomic E-state index is 5.52. The Morgan fingerprint density at radius 1 is 1.50 bits per heavy atom. The predicted octanol–water partition coefficient (Wildman–Crippen LogP) is 2.26. The largest absolute Gasteiger partial charge is 0.330 e. The SMILES string of the molecule is CCCN(Cc1csc(CCN)n1)C(C)C. The summed E-state index contributed by atoms with van der Waals surface area (Å²) >= 11 is 1.73. The first kappa shape index (κ1) is 13.6. The number of hydrogen-bond acceptors (Lipinski definition) is 4. The number of nitrogens with zero attached hydrogens (tertiary/aromatic N) is 2. The Bertz CT molecular complexity index is 296. The highest BCUT2D eigenvalue weighted by molar-refractivity contribution is 7.09. The molecule has 0 spiro atoms. The minimum Gasteiger partial charge on any atom is -0.330 e. The van der Waals surface area contributed by atoms with E-state index in [0.29, 0.717) is 12.6 Å². The molecule has 3 nitrogen and oxygen atoms in total. The molecule has 0 aliphatic heterocycles. The Balaban J connectivity index is 2.55. The first-order valence-corrected chi connectivity index (χ1v) is 6.92. The van der Waals surface area contributed by atoms with Crippen LogP contribution >= 0.6 is 11.3 Å². The quantitative estimate of drug-likeness (QED) is 0.796. The second-order valence-corrected chi connectivity index (χ2v) is 5.28. The fourth-order valence-corrected chi connectivity index (χ4v) is 2.48. The molecule has 1 aromatic heterocycles.